The molecule has 0 spiro atoms. The van der Waals surface area contributed by atoms with E-state index in [1.54, 1.807) is 48.5 Å². The normalized spacial score (nSPS) is 14.1. The van der Waals surface area contributed by atoms with Gasteiger partial charge in [-0.05, 0) is 92.5 Å². The minimum atomic E-state index is -2.42. The minimum Gasteiger partial charge on any atom is -0.500 e. The first-order valence-corrected chi connectivity index (χ1v) is 19.2. The van der Waals surface area contributed by atoms with Crippen LogP contribution in [-0.4, -0.2) is 9.97 Å². The standard InChI is InChI=1S/C43H34NO.C12H10N.Ir/c1-27-26-44-39(24-38(27)29-22-20-28(21-23-29)25-43(2,3)4)36-18-11-19-37-40-34-16-9-7-14-32(34)30-12-5-6-13-31(30)33-15-8-10-17-35(33)42(40)45-41(36)37;1-10-7-8-12(13-9-10)11-5-3-2-4-6-11;/h5-17,19-24,26H,25H2,1-4H3;2-5,7-9H,1H3;/q2*-1;/i1D3,25D2;1D3;. The van der Waals surface area contributed by atoms with Crippen molar-refractivity contribution in [3.8, 4) is 78.3 Å². The number of benzene rings is 6. The van der Waals surface area contributed by atoms with Gasteiger partial charge in [-0.2, -0.15) is 0 Å². The van der Waals surface area contributed by atoms with Crippen molar-refractivity contribution in [1.82, 2.24) is 9.97 Å². The van der Waals surface area contributed by atoms with Gasteiger partial charge in [0.25, 0.3) is 0 Å². The molecule has 1 radical (unpaired) electrons. The molecular weight excluding hydrogens is 897 g/mol. The van der Waals surface area contributed by atoms with Crippen LogP contribution in [0, 0.1) is 31.3 Å². The van der Waals surface area contributed by atoms with Crippen LogP contribution in [0.25, 0.3) is 89.3 Å². The average Bonchev–Trinajstić information content (AvgIpc) is 3.70. The topological polar surface area (TPSA) is 38.9 Å². The van der Waals surface area contributed by atoms with E-state index in [0.29, 0.717) is 33.5 Å². The average molecular weight is 949 g/mol. The number of rotatable bonds is 4. The first kappa shape index (κ1) is 30.8. The van der Waals surface area contributed by atoms with Crippen molar-refractivity contribution in [3.63, 3.8) is 0 Å². The van der Waals surface area contributed by atoms with Crippen LogP contribution in [0.5, 0.6) is 0 Å². The fraction of sp³-hybridized carbons (Fsp3) is 0.127. The predicted molar refractivity (Wildman–Crippen MR) is 240 cm³/mol. The van der Waals surface area contributed by atoms with Crippen LogP contribution in [0.4, 0.5) is 0 Å². The Kier molecular flexibility index (Phi) is 8.66. The number of aryl methyl sites for hydroxylation is 2. The largest absolute Gasteiger partial charge is 0.500 e. The zero-order chi connectivity index (χ0) is 46.6. The molecule has 0 unspecified atom stereocenters. The van der Waals surface area contributed by atoms with Gasteiger partial charge in [0.1, 0.15) is 5.76 Å². The van der Waals surface area contributed by atoms with Crippen molar-refractivity contribution in [2.75, 3.05) is 0 Å². The molecule has 291 valence electrons. The minimum absolute atomic E-state index is 0. The molecule has 10 rings (SSSR count). The summed E-state index contributed by atoms with van der Waals surface area (Å²) in [4.78, 5) is 8.82. The summed E-state index contributed by atoms with van der Waals surface area (Å²) < 4.78 is 71.0. The van der Waals surface area contributed by atoms with Gasteiger partial charge >= 0.3 is 0 Å². The second-order valence-electron chi connectivity index (χ2n) is 15.3. The molecule has 0 saturated heterocycles. The van der Waals surface area contributed by atoms with Crippen molar-refractivity contribution in [2.24, 2.45) is 5.41 Å². The van der Waals surface area contributed by atoms with Gasteiger partial charge in [0, 0.05) is 54.6 Å². The summed E-state index contributed by atoms with van der Waals surface area (Å²) in [7, 11) is 0. The Balaban J connectivity index is 0.000000303. The molecule has 0 saturated carbocycles. The van der Waals surface area contributed by atoms with E-state index in [1.165, 1.54) is 12.4 Å². The van der Waals surface area contributed by atoms with Crippen molar-refractivity contribution in [2.45, 2.75) is 40.8 Å². The number of nitrogens with zero attached hydrogens (tertiary/aromatic N) is 2. The quantitative estimate of drug-likeness (QED) is 0.165. The van der Waals surface area contributed by atoms with Gasteiger partial charge in [-0.3, -0.25) is 0 Å². The molecule has 4 heteroatoms. The number of furan rings is 1. The summed E-state index contributed by atoms with van der Waals surface area (Å²) >= 11 is 0. The molecule has 1 aliphatic carbocycles. The van der Waals surface area contributed by atoms with Crippen molar-refractivity contribution < 1.29 is 35.5 Å². The molecule has 59 heavy (non-hydrogen) atoms. The van der Waals surface area contributed by atoms with E-state index in [9.17, 15) is 0 Å². The molecule has 3 aromatic heterocycles. The first-order chi connectivity index (χ1) is 31.4. The Morgan fingerprint density at radius 3 is 1.88 bits per heavy atom. The molecule has 0 bridgehead atoms. The van der Waals surface area contributed by atoms with E-state index in [1.807, 2.05) is 69.3 Å². The molecule has 9 aromatic rings. The van der Waals surface area contributed by atoms with Crippen LogP contribution >= 0.6 is 0 Å². The molecule has 1 aliphatic rings. The zero-order valence-corrected chi connectivity index (χ0v) is 35.1. The maximum Gasteiger partial charge on any atom is 0.129 e. The molecule has 0 aliphatic heterocycles. The van der Waals surface area contributed by atoms with E-state index < -0.39 is 25.5 Å². The molecular formula is C55H44IrN2O-2. The maximum absolute atomic E-state index is 8.72. The van der Waals surface area contributed by atoms with Crippen molar-refractivity contribution in [3.05, 3.63) is 193 Å². The summed E-state index contributed by atoms with van der Waals surface area (Å²) in [6, 6.07) is 55.1. The molecule has 0 amide bonds. The van der Waals surface area contributed by atoms with E-state index >= 15 is 0 Å². The van der Waals surface area contributed by atoms with Crippen LogP contribution in [0.1, 0.15) is 48.4 Å². The third kappa shape index (κ3) is 7.99. The second-order valence-corrected chi connectivity index (χ2v) is 15.3. The van der Waals surface area contributed by atoms with Gasteiger partial charge in [0.05, 0.1) is 5.58 Å². The summed E-state index contributed by atoms with van der Waals surface area (Å²) in [5.41, 5.74) is 12.3. The molecule has 0 fully saturated rings. The summed E-state index contributed by atoms with van der Waals surface area (Å²) in [5, 5.41) is 0.910. The van der Waals surface area contributed by atoms with E-state index in [0.717, 1.165) is 61.3 Å². The van der Waals surface area contributed by atoms with Gasteiger partial charge in [-0.1, -0.05) is 147 Å². The van der Waals surface area contributed by atoms with Gasteiger partial charge in [-0.25, -0.2) is 0 Å². The van der Waals surface area contributed by atoms with E-state index in [2.05, 4.69) is 71.7 Å². The number of hydrogen-bond acceptors (Lipinski definition) is 3. The Labute approximate surface area is 372 Å². The molecule has 3 nitrogen and oxygen atoms in total. The van der Waals surface area contributed by atoms with Crippen LogP contribution in [0.2, 0.25) is 0 Å². The molecule has 3 heterocycles. The van der Waals surface area contributed by atoms with E-state index in [-0.39, 0.29) is 31.2 Å². The predicted octanol–water partition coefficient (Wildman–Crippen LogP) is 14.7. The van der Waals surface area contributed by atoms with Gasteiger partial charge in [0.2, 0.25) is 0 Å². The third-order valence-electron chi connectivity index (χ3n) is 10.1. The SMILES string of the molecule is [2H]C([2H])([2H])c1ccc(-c2[c-]cccc2)nc1.[2H]C([2H])([2H])c1cnc(-c2[c-]ccc3c4c(oc23)-c2ccccc2-c2ccccc2-c2ccccc2-4)cc1-c1ccc(C([2H])([2H])C(C)(C)C)cc1.[Ir]. The van der Waals surface area contributed by atoms with E-state index in [4.69, 9.17) is 20.4 Å². The van der Waals surface area contributed by atoms with Gasteiger partial charge in [0.15, 0.2) is 0 Å². The monoisotopic (exact) mass is 949 g/mol. The smallest absolute Gasteiger partial charge is 0.129 e. The Bertz CT molecular complexity index is 3230. The number of pyridine rings is 2. The maximum atomic E-state index is 8.72. The van der Waals surface area contributed by atoms with Crippen LogP contribution in [-0.2, 0) is 26.5 Å². The fourth-order valence-electron chi connectivity index (χ4n) is 7.62. The van der Waals surface area contributed by atoms with Crippen LogP contribution in [0.3, 0.4) is 0 Å². The summed E-state index contributed by atoms with van der Waals surface area (Å²) in [6.07, 6.45) is 1.23. The van der Waals surface area contributed by atoms with Crippen LogP contribution in [0.15, 0.2) is 168 Å². The zero-order valence-electron chi connectivity index (χ0n) is 40.7. The number of aromatic nitrogens is 2. The Morgan fingerprint density at radius 1 is 0.610 bits per heavy atom. The van der Waals surface area contributed by atoms with Gasteiger partial charge in [-0.15, -0.1) is 54.1 Å². The fourth-order valence-corrected chi connectivity index (χ4v) is 7.62. The molecule has 0 N–H and O–H groups in total. The summed E-state index contributed by atoms with van der Waals surface area (Å²) in [5.74, 6) is 0.751. The Hall–Kier alpha value is -6.19. The molecule has 0 atom stereocenters. The third-order valence-corrected chi connectivity index (χ3v) is 10.1. The number of hydrogen-bond donors (Lipinski definition) is 0. The second kappa shape index (κ2) is 16.6. The van der Waals surface area contributed by atoms with Crippen LogP contribution < -0.4 is 0 Å². The Morgan fingerprint density at radius 2 is 1.25 bits per heavy atom. The van der Waals surface area contributed by atoms with Gasteiger partial charge < -0.3 is 14.4 Å². The first-order valence-electron chi connectivity index (χ1n) is 23.2. The summed E-state index contributed by atoms with van der Waals surface area (Å²) in [6.45, 7) is 1.09. The molecule has 6 aromatic carbocycles. The number of fused-ring (bicyclic) bond motifs is 10. The van der Waals surface area contributed by atoms with Crippen molar-refractivity contribution in [1.29, 1.82) is 0 Å². The van der Waals surface area contributed by atoms with Crippen molar-refractivity contribution >= 4 is 11.0 Å².